The van der Waals surface area contributed by atoms with Crippen LogP contribution in [0.25, 0.3) is 17.2 Å². The van der Waals surface area contributed by atoms with Crippen molar-refractivity contribution in [1.82, 2.24) is 10.2 Å². The van der Waals surface area contributed by atoms with E-state index in [-0.39, 0.29) is 17.1 Å². The van der Waals surface area contributed by atoms with Crippen LogP contribution in [0.2, 0.25) is 0 Å². The molecule has 0 bridgehead atoms. The topological polar surface area (TPSA) is 66.5 Å². The van der Waals surface area contributed by atoms with E-state index in [1.807, 2.05) is 70.3 Å². The number of carbonyl (C=O) groups excluding carboxylic acids is 3. The first kappa shape index (κ1) is 20.9. The molecule has 0 aromatic heterocycles. The molecule has 0 radical (unpaired) electrons. The summed E-state index contributed by atoms with van der Waals surface area (Å²) >= 11 is 0.910. The van der Waals surface area contributed by atoms with Crippen LogP contribution in [0.5, 0.6) is 0 Å². The van der Waals surface area contributed by atoms with Gasteiger partial charge in [0.15, 0.2) is 0 Å². The van der Waals surface area contributed by atoms with Crippen molar-refractivity contribution in [1.29, 1.82) is 0 Å². The van der Waals surface area contributed by atoms with Gasteiger partial charge in [-0.2, -0.15) is 0 Å². The molecule has 1 N–H and O–H groups in total. The summed E-state index contributed by atoms with van der Waals surface area (Å²) in [6.07, 6.45) is 1.71. The second kappa shape index (κ2) is 8.25. The molecule has 5 nitrogen and oxygen atoms in total. The van der Waals surface area contributed by atoms with E-state index in [0.29, 0.717) is 11.4 Å². The zero-order chi connectivity index (χ0) is 21.2. The van der Waals surface area contributed by atoms with E-state index in [9.17, 15) is 14.4 Å². The summed E-state index contributed by atoms with van der Waals surface area (Å²) in [6, 6.07) is 15.9. The van der Waals surface area contributed by atoms with Crippen LogP contribution in [0, 0.1) is 5.41 Å². The van der Waals surface area contributed by atoms with E-state index < -0.39 is 5.41 Å². The molecule has 6 heteroatoms. The summed E-state index contributed by atoms with van der Waals surface area (Å²) in [7, 11) is 1.82. The Balaban J connectivity index is 1.75. The minimum Gasteiger partial charge on any atom is -0.341 e. The van der Waals surface area contributed by atoms with E-state index >= 15 is 0 Å². The fourth-order valence-corrected chi connectivity index (χ4v) is 3.79. The van der Waals surface area contributed by atoms with Gasteiger partial charge in [0.05, 0.1) is 4.91 Å². The predicted molar refractivity (Wildman–Crippen MR) is 117 cm³/mol. The minimum absolute atomic E-state index is 0.104. The monoisotopic (exact) mass is 408 g/mol. The highest BCUT2D eigenvalue weighted by atomic mass is 32.2. The smallest absolute Gasteiger partial charge is 0.290 e. The Morgan fingerprint density at radius 3 is 2.34 bits per heavy atom. The Labute approximate surface area is 175 Å². The van der Waals surface area contributed by atoms with Crippen molar-refractivity contribution in [2.45, 2.75) is 27.3 Å². The molecule has 0 saturated carbocycles. The van der Waals surface area contributed by atoms with Gasteiger partial charge in [-0.15, -0.1) is 0 Å². The van der Waals surface area contributed by atoms with E-state index in [0.717, 1.165) is 34.0 Å². The highest BCUT2D eigenvalue weighted by Crippen LogP contribution is 2.27. The molecule has 0 spiro atoms. The fraction of sp³-hybridized carbons (Fsp3) is 0.261. The van der Waals surface area contributed by atoms with Gasteiger partial charge in [0.1, 0.15) is 0 Å². The van der Waals surface area contributed by atoms with Crippen LogP contribution >= 0.6 is 11.8 Å². The van der Waals surface area contributed by atoms with Crippen molar-refractivity contribution < 1.29 is 14.4 Å². The zero-order valence-corrected chi connectivity index (χ0v) is 17.8. The Bertz CT molecular complexity index is 988. The van der Waals surface area contributed by atoms with Gasteiger partial charge in [-0.05, 0) is 46.2 Å². The lowest BCUT2D eigenvalue weighted by Gasteiger charge is -2.26. The molecule has 3 rings (SSSR count). The van der Waals surface area contributed by atoms with Crippen LogP contribution in [-0.2, 0) is 16.1 Å². The van der Waals surface area contributed by atoms with Crippen LogP contribution < -0.4 is 5.32 Å². The molecule has 1 fully saturated rings. The number of benzene rings is 2. The average molecular weight is 409 g/mol. The van der Waals surface area contributed by atoms with Crippen molar-refractivity contribution in [3.63, 3.8) is 0 Å². The van der Waals surface area contributed by atoms with Gasteiger partial charge in [0.25, 0.3) is 11.1 Å². The molecule has 3 amide bonds. The maximum absolute atomic E-state index is 12.4. The lowest BCUT2D eigenvalue weighted by atomic mass is 9.94. The summed E-state index contributed by atoms with van der Waals surface area (Å²) in [6.45, 7) is 6.31. The molecular formula is C23H24N2O3S. The van der Waals surface area contributed by atoms with Gasteiger partial charge < -0.3 is 4.90 Å². The van der Waals surface area contributed by atoms with Crippen molar-refractivity contribution >= 4 is 34.9 Å². The largest absolute Gasteiger partial charge is 0.341 e. The Morgan fingerprint density at radius 1 is 1.07 bits per heavy atom. The molecular weight excluding hydrogens is 384 g/mol. The third-order valence-corrected chi connectivity index (χ3v) is 5.33. The zero-order valence-electron chi connectivity index (χ0n) is 17.0. The number of rotatable bonds is 4. The van der Waals surface area contributed by atoms with Gasteiger partial charge in [-0.1, -0.05) is 63.2 Å². The van der Waals surface area contributed by atoms with Gasteiger partial charge in [0.2, 0.25) is 5.91 Å². The molecule has 1 aliphatic heterocycles. The van der Waals surface area contributed by atoms with Crippen LogP contribution in [0.4, 0.5) is 4.79 Å². The Morgan fingerprint density at radius 2 is 1.76 bits per heavy atom. The molecule has 2 aromatic rings. The Hall–Kier alpha value is -2.86. The molecule has 0 unspecified atom stereocenters. The van der Waals surface area contributed by atoms with Gasteiger partial charge in [-0.3, -0.25) is 19.7 Å². The first-order chi connectivity index (χ1) is 13.6. The summed E-state index contributed by atoms with van der Waals surface area (Å²) in [5.41, 5.74) is 3.61. The number of carbonyl (C=O) groups is 3. The molecule has 1 heterocycles. The number of nitrogens with one attached hydrogen (secondary N) is 1. The van der Waals surface area contributed by atoms with Crippen molar-refractivity contribution in [2.24, 2.45) is 5.41 Å². The van der Waals surface area contributed by atoms with Crippen molar-refractivity contribution in [2.75, 3.05) is 7.05 Å². The predicted octanol–water partition coefficient (Wildman–Crippen LogP) is 4.68. The normalized spacial score (nSPS) is 15.5. The average Bonchev–Trinajstić information content (AvgIpc) is 2.98. The number of hydrogen-bond acceptors (Lipinski definition) is 4. The molecule has 1 saturated heterocycles. The fourth-order valence-electron chi connectivity index (χ4n) is 3.11. The summed E-state index contributed by atoms with van der Waals surface area (Å²) in [4.78, 5) is 37.5. The van der Waals surface area contributed by atoms with E-state index in [4.69, 9.17) is 0 Å². The maximum Gasteiger partial charge on any atom is 0.290 e. The number of imide groups is 1. The third kappa shape index (κ3) is 5.15. The molecule has 1 aliphatic rings. The quantitative estimate of drug-likeness (QED) is 0.746. The van der Waals surface area contributed by atoms with Gasteiger partial charge in [-0.25, -0.2) is 0 Å². The first-order valence-electron chi connectivity index (χ1n) is 9.33. The standard InChI is InChI=1S/C23H24N2O3S/c1-23(2,3)21(27)25(4)14-16-6-5-7-18(12-16)17-10-8-15(9-11-17)13-19-20(26)24-22(28)29-19/h5-13H,14H2,1-4H3,(H,24,26,28)/b19-13+. The van der Waals surface area contributed by atoms with Crippen LogP contribution in [0.15, 0.2) is 53.4 Å². The number of hydrogen-bond donors (Lipinski definition) is 1. The summed E-state index contributed by atoms with van der Waals surface area (Å²) < 4.78 is 0. The highest BCUT2D eigenvalue weighted by Gasteiger charge is 2.25. The number of amides is 3. The summed E-state index contributed by atoms with van der Waals surface area (Å²) in [5.74, 6) is -0.252. The summed E-state index contributed by atoms with van der Waals surface area (Å²) in [5, 5.41) is 1.91. The molecule has 29 heavy (non-hydrogen) atoms. The molecule has 0 atom stereocenters. The second-order valence-electron chi connectivity index (χ2n) is 8.09. The van der Waals surface area contributed by atoms with Crippen LogP contribution in [0.1, 0.15) is 31.9 Å². The van der Waals surface area contributed by atoms with Crippen molar-refractivity contribution in [3.05, 3.63) is 64.6 Å². The minimum atomic E-state index is -0.407. The SMILES string of the molecule is CN(Cc1cccc(-c2ccc(/C=C3/SC(=O)NC3=O)cc2)c1)C(=O)C(C)(C)C. The molecule has 150 valence electrons. The van der Waals surface area contributed by atoms with E-state index in [1.54, 1.807) is 11.0 Å². The second-order valence-corrected chi connectivity index (χ2v) is 9.10. The maximum atomic E-state index is 12.4. The molecule has 0 aliphatic carbocycles. The highest BCUT2D eigenvalue weighted by molar-refractivity contribution is 8.18. The van der Waals surface area contributed by atoms with Gasteiger partial charge >= 0.3 is 0 Å². The van der Waals surface area contributed by atoms with E-state index in [2.05, 4.69) is 11.4 Å². The van der Waals surface area contributed by atoms with Crippen LogP contribution in [0.3, 0.4) is 0 Å². The van der Waals surface area contributed by atoms with Crippen LogP contribution in [-0.4, -0.2) is 29.0 Å². The lowest BCUT2D eigenvalue weighted by molar-refractivity contribution is -0.138. The number of thioether (sulfide) groups is 1. The first-order valence-corrected chi connectivity index (χ1v) is 10.1. The number of nitrogens with zero attached hydrogens (tertiary/aromatic N) is 1. The third-order valence-electron chi connectivity index (χ3n) is 4.52. The molecule has 2 aromatic carbocycles. The lowest BCUT2D eigenvalue weighted by Crippen LogP contribution is -2.36. The Kier molecular flexibility index (Phi) is 5.94. The van der Waals surface area contributed by atoms with Crippen molar-refractivity contribution in [3.8, 4) is 11.1 Å². The van der Waals surface area contributed by atoms with Gasteiger partial charge in [0, 0.05) is 19.0 Å². The van der Waals surface area contributed by atoms with E-state index in [1.165, 1.54) is 0 Å².